The molecule has 0 atom stereocenters. The second kappa shape index (κ2) is 4.77. The number of hydrogen-bond acceptors (Lipinski definition) is 3. The van der Waals surface area contributed by atoms with Crippen molar-refractivity contribution in [2.45, 2.75) is 44.3 Å². The molecule has 1 aliphatic carbocycles. The third-order valence-corrected chi connectivity index (χ3v) is 3.18. The van der Waals surface area contributed by atoms with Crippen molar-refractivity contribution in [3.05, 3.63) is 29.3 Å². The predicted molar refractivity (Wildman–Crippen MR) is 71.1 cm³/mol. The second-order valence-corrected chi connectivity index (χ2v) is 6.96. The van der Waals surface area contributed by atoms with Gasteiger partial charge in [0.15, 0.2) is 0 Å². The van der Waals surface area contributed by atoms with Gasteiger partial charge in [0.25, 0.3) is 0 Å². The van der Waals surface area contributed by atoms with Gasteiger partial charge in [-0.3, -0.25) is 4.98 Å². The van der Waals surface area contributed by atoms with Crippen LogP contribution < -0.4 is 0 Å². The molecule has 0 amide bonds. The Morgan fingerprint density at radius 3 is 2.76 bits per heavy atom. The normalized spacial score (nSPS) is 16.7. The van der Waals surface area contributed by atoms with Crippen LogP contribution in [0.1, 0.15) is 50.8 Å². The van der Waals surface area contributed by atoms with E-state index in [0.717, 1.165) is 5.69 Å². The van der Waals surface area contributed by atoms with Gasteiger partial charge in [-0.1, -0.05) is 0 Å². The average Bonchev–Trinajstić information content (AvgIpc) is 3.02. The molecule has 0 unspecified atom stereocenters. The lowest BCUT2D eigenvalue weighted by Crippen LogP contribution is -2.05. The maximum atomic E-state index is 13.5. The van der Waals surface area contributed by atoms with E-state index in [9.17, 15) is 4.39 Å². The highest BCUT2D eigenvalue weighted by Gasteiger charge is 2.25. The molecule has 0 radical (unpaired) electrons. The maximum Gasteiger partial charge on any atom is 0.150 e. The average molecular weight is 252 g/mol. The summed E-state index contributed by atoms with van der Waals surface area (Å²) in [4.78, 5) is 4.11. The summed E-state index contributed by atoms with van der Waals surface area (Å²) in [6, 6.07) is 1.82. The van der Waals surface area contributed by atoms with Gasteiger partial charge in [-0.2, -0.15) is 0 Å². The number of aromatic nitrogens is 1. The Balaban J connectivity index is 2.11. The smallest absolute Gasteiger partial charge is 0.150 e. The number of halogens is 1. The minimum atomic E-state index is -0.298. The van der Waals surface area contributed by atoms with E-state index in [4.69, 9.17) is 0 Å². The number of rotatable bonds is 3. The fourth-order valence-corrected chi connectivity index (χ4v) is 1.90. The lowest BCUT2D eigenvalue weighted by atomic mass is 10.2. The van der Waals surface area contributed by atoms with Crippen molar-refractivity contribution in [1.82, 2.24) is 4.98 Å². The second-order valence-electron chi connectivity index (χ2n) is 5.34. The van der Waals surface area contributed by atoms with Gasteiger partial charge in [0, 0.05) is 28.1 Å². The monoisotopic (exact) mass is 252 g/mol. The highest BCUT2D eigenvalue weighted by Crippen LogP contribution is 2.39. The standard InChI is InChI=1S/C13H17FN2S/c1-13(2,3)17-16-7-10-6-12(9-4-5-9)15-8-11(10)14/h6-9H,4-5H2,1-3H3/b16-7+. The molecule has 0 bridgehead atoms. The lowest BCUT2D eigenvalue weighted by molar-refractivity contribution is 0.617. The highest BCUT2D eigenvalue weighted by atomic mass is 32.2. The zero-order valence-corrected chi connectivity index (χ0v) is 11.2. The zero-order chi connectivity index (χ0) is 12.5. The molecule has 0 aromatic carbocycles. The zero-order valence-electron chi connectivity index (χ0n) is 10.4. The molecule has 17 heavy (non-hydrogen) atoms. The summed E-state index contributed by atoms with van der Waals surface area (Å²) in [7, 11) is 0. The van der Waals surface area contributed by atoms with Crippen molar-refractivity contribution in [3.8, 4) is 0 Å². The van der Waals surface area contributed by atoms with Gasteiger partial charge in [0.2, 0.25) is 0 Å². The summed E-state index contributed by atoms with van der Waals surface area (Å²) >= 11 is 1.45. The van der Waals surface area contributed by atoms with Crippen molar-refractivity contribution < 1.29 is 4.39 Å². The molecule has 1 aromatic heterocycles. The first-order valence-corrected chi connectivity index (χ1v) is 6.60. The van der Waals surface area contributed by atoms with Crippen LogP contribution in [-0.4, -0.2) is 15.9 Å². The van der Waals surface area contributed by atoms with Crippen molar-refractivity contribution >= 4 is 18.2 Å². The molecule has 92 valence electrons. The topological polar surface area (TPSA) is 25.2 Å². The Hall–Kier alpha value is -0.900. The van der Waals surface area contributed by atoms with Crippen molar-refractivity contribution in [1.29, 1.82) is 0 Å². The van der Waals surface area contributed by atoms with E-state index in [-0.39, 0.29) is 10.6 Å². The minimum Gasteiger partial charge on any atom is -0.258 e. The molecule has 0 aliphatic heterocycles. The SMILES string of the molecule is CC(C)(C)S/N=C/c1cc(C2CC2)ncc1F. The van der Waals surface area contributed by atoms with Crippen molar-refractivity contribution in [2.75, 3.05) is 0 Å². The van der Waals surface area contributed by atoms with Gasteiger partial charge in [-0.15, -0.1) is 0 Å². The summed E-state index contributed by atoms with van der Waals surface area (Å²) in [6.45, 7) is 6.23. The van der Waals surface area contributed by atoms with Crippen LogP contribution >= 0.6 is 11.9 Å². The first-order chi connectivity index (χ1) is 7.96. The van der Waals surface area contributed by atoms with Crippen molar-refractivity contribution in [3.63, 3.8) is 0 Å². The Labute approximate surface area is 106 Å². The van der Waals surface area contributed by atoms with E-state index < -0.39 is 0 Å². The first-order valence-electron chi connectivity index (χ1n) is 5.83. The van der Waals surface area contributed by atoms with Crippen molar-refractivity contribution in [2.24, 2.45) is 4.40 Å². The molecule has 2 rings (SSSR count). The van der Waals surface area contributed by atoms with Gasteiger partial charge in [0.05, 0.1) is 6.20 Å². The van der Waals surface area contributed by atoms with E-state index in [0.29, 0.717) is 11.5 Å². The number of pyridine rings is 1. The molecule has 0 N–H and O–H groups in total. The lowest BCUT2D eigenvalue weighted by Gasteiger charge is -2.12. The molecule has 1 fully saturated rings. The third kappa shape index (κ3) is 3.80. The Kier molecular flexibility index (Phi) is 3.52. The minimum absolute atomic E-state index is 0.0549. The molecule has 1 aliphatic rings. The number of nitrogens with zero attached hydrogens (tertiary/aromatic N) is 2. The molecule has 1 saturated carbocycles. The number of hydrogen-bond donors (Lipinski definition) is 0. The quantitative estimate of drug-likeness (QED) is 0.601. The maximum absolute atomic E-state index is 13.5. The summed E-state index contributed by atoms with van der Waals surface area (Å²) in [5.74, 6) is 0.241. The van der Waals surface area contributed by atoms with Crippen LogP contribution in [0.2, 0.25) is 0 Å². The molecular formula is C13H17FN2S. The summed E-state index contributed by atoms with van der Waals surface area (Å²) in [5.41, 5.74) is 1.53. The van der Waals surface area contributed by atoms with Gasteiger partial charge in [0.1, 0.15) is 5.82 Å². The van der Waals surface area contributed by atoms with Gasteiger partial charge >= 0.3 is 0 Å². The Morgan fingerprint density at radius 2 is 2.18 bits per heavy atom. The molecular weight excluding hydrogens is 235 g/mol. The van der Waals surface area contributed by atoms with E-state index in [1.807, 2.05) is 6.07 Å². The summed E-state index contributed by atoms with van der Waals surface area (Å²) in [6.07, 6.45) is 5.24. The van der Waals surface area contributed by atoms with E-state index in [1.165, 1.54) is 31.0 Å². The van der Waals surface area contributed by atoms with E-state index >= 15 is 0 Å². The molecule has 4 heteroatoms. The summed E-state index contributed by atoms with van der Waals surface area (Å²) < 4.78 is 17.8. The van der Waals surface area contributed by atoms with Gasteiger partial charge in [-0.25, -0.2) is 8.79 Å². The molecule has 2 nitrogen and oxygen atoms in total. The molecule has 0 spiro atoms. The van der Waals surface area contributed by atoms with Crippen LogP contribution in [0.5, 0.6) is 0 Å². The van der Waals surface area contributed by atoms with Crippen LogP contribution in [0, 0.1) is 5.82 Å². The van der Waals surface area contributed by atoms with Crippen LogP contribution in [0.15, 0.2) is 16.7 Å². The molecule has 0 saturated heterocycles. The van der Waals surface area contributed by atoms with Crippen LogP contribution in [0.3, 0.4) is 0 Å². The summed E-state index contributed by atoms with van der Waals surface area (Å²) in [5, 5.41) is 0. The predicted octanol–water partition coefficient (Wildman–Crippen LogP) is 3.96. The van der Waals surface area contributed by atoms with Crippen LogP contribution in [0.4, 0.5) is 4.39 Å². The van der Waals surface area contributed by atoms with E-state index in [2.05, 4.69) is 30.2 Å². The van der Waals surface area contributed by atoms with Gasteiger partial charge in [-0.05, 0) is 51.6 Å². The third-order valence-electron chi connectivity index (χ3n) is 2.42. The fraction of sp³-hybridized carbons (Fsp3) is 0.538. The fourth-order valence-electron chi connectivity index (χ4n) is 1.41. The van der Waals surface area contributed by atoms with Crippen LogP contribution in [-0.2, 0) is 0 Å². The van der Waals surface area contributed by atoms with Gasteiger partial charge < -0.3 is 0 Å². The Morgan fingerprint density at radius 1 is 1.47 bits per heavy atom. The highest BCUT2D eigenvalue weighted by molar-refractivity contribution is 7.99. The molecule has 1 aromatic rings. The molecule has 1 heterocycles. The first kappa shape index (κ1) is 12.6. The van der Waals surface area contributed by atoms with Crippen LogP contribution in [0.25, 0.3) is 0 Å². The Bertz CT molecular complexity index is 434. The van der Waals surface area contributed by atoms with E-state index in [1.54, 1.807) is 6.21 Å². The largest absolute Gasteiger partial charge is 0.258 e.